The normalized spacial score (nSPS) is 16.0. The molecule has 1 fully saturated rings. The van der Waals surface area contributed by atoms with Crippen LogP contribution in [0.25, 0.3) is 5.65 Å². The molecule has 0 spiro atoms. The summed E-state index contributed by atoms with van der Waals surface area (Å²) in [7, 11) is 0. The zero-order valence-electron chi connectivity index (χ0n) is 10.2. The molecule has 0 N–H and O–H groups in total. The van der Waals surface area contributed by atoms with Crippen LogP contribution in [0.15, 0.2) is 16.7 Å². The SMILES string of the molecule is CC(C)Cc1nc2cc(C3CC3)cc(Br)n2n1. The molecule has 90 valence electrons. The van der Waals surface area contributed by atoms with Crippen molar-refractivity contribution in [3.05, 3.63) is 28.1 Å². The van der Waals surface area contributed by atoms with Gasteiger partial charge in [-0.05, 0) is 58.3 Å². The highest BCUT2D eigenvalue weighted by Gasteiger charge is 2.24. The Balaban J connectivity index is 2.04. The Morgan fingerprint density at radius 3 is 2.82 bits per heavy atom. The van der Waals surface area contributed by atoms with Gasteiger partial charge in [-0.15, -0.1) is 0 Å². The molecule has 1 saturated carbocycles. The Kier molecular flexibility index (Phi) is 2.69. The maximum absolute atomic E-state index is 4.61. The van der Waals surface area contributed by atoms with Crippen LogP contribution in [0.5, 0.6) is 0 Å². The molecule has 2 heterocycles. The Labute approximate surface area is 109 Å². The number of fused-ring (bicyclic) bond motifs is 1. The van der Waals surface area contributed by atoms with E-state index in [2.05, 4.69) is 52.0 Å². The molecule has 3 rings (SSSR count). The van der Waals surface area contributed by atoms with Crippen LogP contribution in [-0.2, 0) is 6.42 Å². The molecule has 0 aliphatic heterocycles. The van der Waals surface area contributed by atoms with Gasteiger partial charge in [-0.1, -0.05) is 13.8 Å². The van der Waals surface area contributed by atoms with Crippen molar-refractivity contribution < 1.29 is 0 Å². The number of hydrogen-bond acceptors (Lipinski definition) is 2. The predicted molar refractivity (Wildman–Crippen MR) is 71.2 cm³/mol. The Morgan fingerprint density at radius 2 is 2.18 bits per heavy atom. The molecule has 2 aromatic rings. The van der Waals surface area contributed by atoms with Crippen LogP contribution in [0.3, 0.4) is 0 Å². The van der Waals surface area contributed by atoms with Crippen molar-refractivity contribution in [3.63, 3.8) is 0 Å². The molecule has 2 aromatic heterocycles. The zero-order chi connectivity index (χ0) is 12.0. The second kappa shape index (κ2) is 4.09. The Hall–Kier alpha value is -0.900. The fraction of sp³-hybridized carbons (Fsp3) is 0.538. The maximum Gasteiger partial charge on any atom is 0.157 e. The second-order valence-corrected chi connectivity index (χ2v) is 6.09. The summed E-state index contributed by atoms with van der Waals surface area (Å²) >= 11 is 3.58. The van der Waals surface area contributed by atoms with E-state index in [4.69, 9.17) is 0 Å². The van der Waals surface area contributed by atoms with Crippen LogP contribution in [0.4, 0.5) is 0 Å². The summed E-state index contributed by atoms with van der Waals surface area (Å²) in [6, 6.07) is 4.36. The van der Waals surface area contributed by atoms with Gasteiger partial charge in [0, 0.05) is 6.42 Å². The van der Waals surface area contributed by atoms with E-state index >= 15 is 0 Å². The summed E-state index contributed by atoms with van der Waals surface area (Å²) < 4.78 is 2.91. The van der Waals surface area contributed by atoms with Gasteiger partial charge in [0.05, 0.1) is 0 Å². The van der Waals surface area contributed by atoms with Crippen LogP contribution >= 0.6 is 15.9 Å². The molecule has 1 aliphatic carbocycles. The summed E-state index contributed by atoms with van der Waals surface area (Å²) in [5, 5.41) is 4.53. The minimum Gasteiger partial charge on any atom is -0.212 e. The first kappa shape index (κ1) is 11.2. The molecular weight excluding hydrogens is 278 g/mol. The summed E-state index contributed by atoms with van der Waals surface area (Å²) in [5.41, 5.74) is 2.37. The molecule has 1 aliphatic rings. The van der Waals surface area contributed by atoms with E-state index in [0.29, 0.717) is 5.92 Å². The van der Waals surface area contributed by atoms with E-state index in [1.807, 2.05) is 4.52 Å². The quantitative estimate of drug-likeness (QED) is 0.810. The fourth-order valence-electron chi connectivity index (χ4n) is 2.11. The van der Waals surface area contributed by atoms with Crippen molar-refractivity contribution in [1.29, 1.82) is 0 Å². The van der Waals surface area contributed by atoms with Crippen molar-refractivity contribution in [3.8, 4) is 0 Å². The first-order valence-corrected chi connectivity index (χ1v) is 6.98. The number of nitrogens with zero attached hydrogens (tertiary/aromatic N) is 3. The van der Waals surface area contributed by atoms with Gasteiger partial charge in [0.15, 0.2) is 11.5 Å². The lowest BCUT2D eigenvalue weighted by atomic mass is 10.1. The largest absolute Gasteiger partial charge is 0.212 e. The highest BCUT2D eigenvalue weighted by molar-refractivity contribution is 9.10. The van der Waals surface area contributed by atoms with Crippen LogP contribution in [0, 0.1) is 5.92 Å². The summed E-state index contributed by atoms with van der Waals surface area (Å²) in [6.45, 7) is 4.38. The van der Waals surface area contributed by atoms with Crippen LogP contribution < -0.4 is 0 Å². The number of rotatable bonds is 3. The van der Waals surface area contributed by atoms with Crippen LogP contribution in [0.2, 0.25) is 0 Å². The molecule has 3 nitrogen and oxygen atoms in total. The first-order valence-electron chi connectivity index (χ1n) is 6.18. The van der Waals surface area contributed by atoms with Crippen LogP contribution in [0.1, 0.15) is 44.0 Å². The average Bonchev–Trinajstić information content (AvgIpc) is 3.00. The summed E-state index contributed by atoms with van der Waals surface area (Å²) in [6.07, 6.45) is 3.57. The Bertz CT molecular complexity index is 555. The summed E-state index contributed by atoms with van der Waals surface area (Å²) in [5.74, 6) is 2.28. The van der Waals surface area contributed by atoms with E-state index in [1.54, 1.807) is 0 Å². The topological polar surface area (TPSA) is 30.2 Å². The molecule has 0 aromatic carbocycles. The molecule has 0 amide bonds. The number of aromatic nitrogens is 3. The smallest absolute Gasteiger partial charge is 0.157 e. The van der Waals surface area contributed by atoms with Gasteiger partial charge in [-0.3, -0.25) is 0 Å². The zero-order valence-corrected chi connectivity index (χ0v) is 11.7. The lowest BCUT2D eigenvalue weighted by Crippen LogP contribution is -1.97. The van der Waals surface area contributed by atoms with Gasteiger partial charge in [0.25, 0.3) is 0 Å². The summed E-state index contributed by atoms with van der Waals surface area (Å²) in [4.78, 5) is 4.61. The molecule has 4 heteroatoms. The van der Waals surface area contributed by atoms with Gasteiger partial charge in [-0.25, -0.2) is 9.50 Å². The number of halogens is 1. The third-order valence-electron chi connectivity index (χ3n) is 3.10. The van der Waals surface area contributed by atoms with Crippen molar-refractivity contribution >= 4 is 21.6 Å². The van der Waals surface area contributed by atoms with Gasteiger partial charge >= 0.3 is 0 Å². The predicted octanol–water partition coefficient (Wildman–Crippen LogP) is 3.57. The van der Waals surface area contributed by atoms with Gasteiger partial charge in [0.1, 0.15) is 4.60 Å². The van der Waals surface area contributed by atoms with Crippen molar-refractivity contribution in [2.45, 2.75) is 39.0 Å². The third-order valence-corrected chi connectivity index (χ3v) is 3.66. The van der Waals surface area contributed by atoms with E-state index in [9.17, 15) is 0 Å². The number of pyridine rings is 1. The average molecular weight is 294 g/mol. The van der Waals surface area contributed by atoms with Crippen LogP contribution in [-0.4, -0.2) is 14.6 Å². The Morgan fingerprint density at radius 1 is 1.41 bits per heavy atom. The lowest BCUT2D eigenvalue weighted by Gasteiger charge is -2.00. The molecule has 0 atom stereocenters. The van der Waals surface area contributed by atoms with E-state index in [0.717, 1.165) is 28.4 Å². The molecule has 0 bridgehead atoms. The highest BCUT2D eigenvalue weighted by atomic mass is 79.9. The first-order chi connectivity index (χ1) is 8.13. The second-order valence-electron chi connectivity index (χ2n) is 5.28. The molecule has 0 saturated heterocycles. The van der Waals surface area contributed by atoms with Gasteiger partial charge in [0.2, 0.25) is 0 Å². The minimum absolute atomic E-state index is 0.592. The van der Waals surface area contributed by atoms with Gasteiger partial charge < -0.3 is 0 Å². The van der Waals surface area contributed by atoms with E-state index < -0.39 is 0 Å². The fourth-order valence-corrected chi connectivity index (χ4v) is 2.64. The molecular formula is C13H16BrN3. The molecule has 0 radical (unpaired) electrons. The minimum atomic E-state index is 0.592. The van der Waals surface area contributed by atoms with Crippen molar-refractivity contribution in [1.82, 2.24) is 14.6 Å². The molecule has 17 heavy (non-hydrogen) atoms. The standard InChI is InChI=1S/C13H16BrN3/c1-8(2)5-12-15-13-7-10(9-3-4-9)6-11(14)17(13)16-12/h6-9H,3-5H2,1-2H3. The van der Waals surface area contributed by atoms with Gasteiger partial charge in [-0.2, -0.15) is 5.10 Å². The lowest BCUT2D eigenvalue weighted by molar-refractivity contribution is 0.619. The number of hydrogen-bond donors (Lipinski definition) is 0. The van der Waals surface area contributed by atoms with Crippen molar-refractivity contribution in [2.75, 3.05) is 0 Å². The highest BCUT2D eigenvalue weighted by Crippen LogP contribution is 2.41. The third kappa shape index (κ3) is 2.23. The molecule has 0 unspecified atom stereocenters. The van der Waals surface area contributed by atoms with E-state index in [1.165, 1.54) is 18.4 Å². The van der Waals surface area contributed by atoms with Crippen molar-refractivity contribution in [2.24, 2.45) is 5.92 Å². The maximum atomic E-state index is 4.61. The monoisotopic (exact) mass is 293 g/mol. The van der Waals surface area contributed by atoms with E-state index in [-0.39, 0.29) is 0 Å².